The number of aromatic nitrogens is 2. The number of ether oxygens (including phenoxy) is 1. The van der Waals surface area contributed by atoms with Gasteiger partial charge in [-0.25, -0.2) is 9.37 Å². The number of fused-ring (bicyclic) bond motifs is 1. The summed E-state index contributed by atoms with van der Waals surface area (Å²) in [6, 6.07) is 8.62. The summed E-state index contributed by atoms with van der Waals surface area (Å²) in [5, 5.41) is 0. The monoisotopic (exact) mass is 514 g/mol. The van der Waals surface area contributed by atoms with Crippen molar-refractivity contribution in [3.05, 3.63) is 76.2 Å². The fourth-order valence-corrected chi connectivity index (χ4v) is 4.64. The smallest absolute Gasteiger partial charge is 0.416 e. The number of hydrogen-bond donors (Lipinski definition) is 0. The molecule has 0 radical (unpaired) electrons. The molecular weight excluding hydrogens is 488 g/mol. The summed E-state index contributed by atoms with van der Waals surface area (Å²) >= 11 is 0. The molecule has 3 aromatic rings. The lowest BCUT2D eigenvalue weighted by atomic mass is 10.0. The van der Waals surface area contributed by atoms with Crippen molar-refractivity contribution in [2.75, 3.05) is 24.5 Å². The van der Waals surface area contributed by atoms with Crippen molar-refractivity contribution >= 4 is 11.9 Å². The van der Waals surface area contributed by atoms with Gasteiger partial charge in [0.05, 0.1) is 23.4 Å². The van der Waals surface area contributed by atoms with E-state index >= 15 is 0 Å². The number of halogens is 4. The fourth-order valence-electron chi connectivity index (χ4n) is 4.64. The van der Waals surface area contributed by atoms with E-state index in [1.54, 1.807) is 17.9 Å². The van der Waals surface area contributed by atoms with Gasteiger partial charge in [0.25, 0.3) is 5.91 Å². The Labute approximate surface area is 211 Å². The second-order valence-corrected chi connectivity index (χ2v) is 9.37. The molecule has 2 aliphatic rings. The van der Waals surface area contributed by atoms with Gasteiger partial charge in [-0.2, -0.15) is 18.2 Å². The molecule has 3 heterocycles. The number of carbonyl (C=O) groups excluding carboxylic acids is 1. The van der Waals surface area contributed by atoms with E-state index in [2.05, 4.69) is 4.90 Å². The summed E-state index contributed by atoms with van der Waals surface area (Å²) < 4.78 is 58.7. The van der Waals surface area contributed by atoms with Gasteiger partial charge in [-0.15, -0.1) is 0 Å². The first-order valence-corrected chi connectivity index (χ1v) is 12.2. The van der Waals surface area contributed by atoms with E-state index in [0.717, 1.165) is 50.2 Å². The van der Waals surface area contributed by atoms with E-state index in [0.29, 0.717) is 41.7 Å². The molecule has 0 spiro atoms. The highest BCUT2D eigenvalue weighted by atomic mass is 19.4. The first-order chi connectivity index (χ1) is 17.7. The Morgan fingerprint density at radius 3 is 2.38 bits per heavy atom. The van der Waals surface area contributed by atoms with E-state index < -0.39 is 11.7 Å². The molecule has 5 rings (SSSR count). The van der Waals surface area contributed by atoms with Crippen LogP contribution in [0, 0.1) is 12.7 Å². The van der Waals surface area contributed by atoms with Gasteiger partial charge >= 0.3 is 6.18 Å². The first kappa shape index (κ1) is 25.0. The van der Waals surface area contributed by atoms with E-state index in [9.17, 15) is 22.4 Å². The molecule has 1 aromatic heterocycles. The van der Waals surface area contributed by atoms with Crippen molar-refractivity contribution in [1.82, 2.24) is 14.9 Å². The highest BCUT2D eigenvalue weighted by Gasteiger charge is 2.32. The zero-order valence-corrected chi connectivity index (χ0v) is 20.3. The molecule has 0 unspecified atom stereocenters. The lowest BCUT2D eigenvalue weighted by molar-refractivity contribution is -0.137. The summed E-state index contributed by atoms with van der Waals surface area (Å²) in [5.41, 5.74) is 1.18. The molecule has 10 heteroatoms. The maximum Gasteiger partial charge on any atom is 0.416 e. The first-order valence-electron chi connectivity index (χ1n) is 12.2. The van der Waals surface area contributed by atoms with Crippen molar-refractivity contribution in [2.45, 2.75) is 45.3 Å². The number of aryl methyl sites for hydroxylation is 1. The Hall–Kier alpha value is -3.69. The number of piperidine rings is 1. The average Bonchev–Trinajstić information content (AvgIpc) is 2.90. The molecule has 0 N–H and O–H groups in total. The predicted molar refractivity (Wildman–Crippen MR) is 129 cm³/mol. The Kier molecular flexibility index (Phi) is 6.74. The van der Waals surface area contributed by atoms with Gasteiger partial charge in [0.15, 0.2) is 0 Å². The maximum absolute atomic E-state index is 13.8. The molecule has 1 saturated heterocycles. The molecule has 37 heavy (non-hydrogen) atoms. The minimum atomic E-state index is -4.47. The van der Waals surface area contributed by atoms with Gasteiger partial charge in [-0.3, -0.25) is 4.79 Å². The summed E-state index contributed by atoms with van der Waals surface area (Å²) in [6.45, 7) is 3.82. The van der Waals surface area contributed by atoms with Crippen LogP contribution in [0.4, 0.5) is 23.5 Å². The molecule has 0 atom stereocenters. The number of alkyl halides is 3. The third-order valence-corrected chi connectivity index (χ3v) is 6.74. The number of carbonyl (C=O) groups is 1. The topological polar surface area (TPSA) is 58.6 Å². The Bertz CT molecular complexity index is 1300. The van der Waals surface area contributed by atoms with Gasteiger partial charge in [-0.05, 0) is 74.2 Å². The lowest BCUT2D eigenvalue weighted by Crippen LogP contribution is -2.37. The lowest BCUT2D eigenvalue weighted by Gasteiger charge is -2.32. The van der Waals surface area contributed by atoms with Crippen LogP contribution in [0.1, 0.15) is 52.0 Å². The van der Waals surface area contributed by atoms with Crippen LogP contribution in [0.25, 0.3) is 0 Å². The average molecular weight is 515 g/mol. The largest absolute Gasteiger partial charge is 0.438 e. The van der Waals surface area contributed by atoms with Crippen molar-refractivity contribution in [2.24, 2.45) is 0 Å². The van der Waals surface area contributed by atoms with E-state index in [-0.39, 0.29) is 23.8 Å². The summed E-state index contributed by atoms with van der Waals surface area (Å²) in [5.74, 6) is 0.536. The van der Waals surface area contributed by atoms with Crippen LogP contribution < -0.4 is 9.64 Å². The van der Waals surface area contributed by atoms with Crippen molar-refractivity contribution in [1.29, 1.82) is 0 Å². The molecule has 0 saturated carbocycles. The van der Waals surface area contributed by atoms with E-state index in [1.807, 2.05) is 0 Å². The highest BCUT2D eigenvalue weighted by molar-refractivity contribution is 5.94. The zero-order chi connectivity index (χ0) is 26.2. The van der Waals surface area contributed by atoms with Crippen LogP contribution in [0.5, 0.6) is 11.6 Å². The van der Waals surface area contributed by atoms with Crippen LogP contribution in [-0.4, -0.2) is 40.4 Å². The van der Waals surface area contributed by atoms with E-state index in [1.165, 1.54) is 24.3 Å². The Balaban J connectivity index is 1.45. The molecule has 0 aliphatic carbocycles. The molecule has 1 amide bonds. The Morgan fingerprint density at radius 1 is 0.973 bits per heavy atom. The third kappa shape index (κ3) is 5.38. The standard InChI is InChI=1S/C27H26F4N4O2/c1-17-15-20(9-10-22(17)28)37-24-21-16-35(25(36)18-5-7-19(8-6-18)27(29,30)31)14-11-23(21)32-26(33-24)34-12-3-2-4-13-34/h5-10,15H,2-4,11-14,16H2,1H3. The van der Waals surface area contributed by atoms with Gasteiger partial charge in [0.2, 0.25) is 11.8 Å². The van der Waals surface area contributed by atoms with Gasteiger partial charge < -0.3 is 14.5 Å². The van der Waals surface area contributed by atoms with Crippen LogP contribution >= 0.6 is 0 Å². The number of rotatable bonds is 4. The molecular formula is C27H26F4N4O2. The van der Waals surface area contributed by atoms with Crippen molar-refractivity contribution in [3.63, 3.8) is 0 Å². The number of nitrogens with zero attached hydrogens (tertiary/aromatic N) is 4. The highest BCUT2D eigenvalue weighted by Crippen LogP contribution is 2.34. The van der Waals surface area contributed by atoms with Crippen LogP contribution in [-0.2, 0) is 19.1 Å². The minimum Gasteiger partial charge on any atom is -0.438 e. The van der Waals surface area contributed by atoms with Gasteiger partial charge in [0, 0.05) is 31.6 Å². The van der Waals surface area contributed by atoms with Crippen LogP contribution in [0.3, 0.4) is 0 Å². The molecule has 6 nitrogen and oxygen atoms in total. The summed E-state index contributed by atoms with van der Waals surface area (Å²) in [4.78, 5) is 26.3. The van der Waals surface area contributed by atoms with Crippen molar-refractivity contribution in [3.8, 4) is 11.6 Å². The second-order valence-electron chi connectivity index (χ2n) is 9.37. The molecule has 2 aromatic carbocycles. The zero-order valence-electron chi connectivity index (χ0n) is 20.3. The molecule has 1 fully saturated rings. The SMILES string of the molecule is Cc1cc(Oc2nc(N3CCCCC3)nc3c2CN(C(=O)c2ccc(C(F)(F)F)cc2)CC3)ccc1F. The number of hydrogen-bond acceptors (Lipinski definition) is 5. The normalized spacial score (nSPS) is 15.9. The predicted octanol–water partition coefficient (Wildman–Crippen LogP) is 5.92. The number of anilines is 1. The minimum absolute atomic E-state index is 0.144. The van der Waals surface area contributed by atoms with Crippen molar-refractivity contribution < 1.29 is 27.1 Å². The van der Waals surface area contributed by atoms with E-state index in [4.69, 9.17) is 14.7 Å². The fraction of sp³-hybridized carbons (Fsp3) is 0.370. The van der Waals surface area contributed by atoms with Crippen LogP contribution in [0.2, 0.25) is 0 Å². The molecule has 2 aliphatic heterocycles. The molecule has 0 bridgehead atoms. The molecule has 194 valence electrons. The maximum atomic E-state index is 13.8. The summed E-state index contributed by atoms with van der Waals surface area (Å²) in [7, 11) is 0. The van der Waals surface area contributed by atoms with Gasteiger partial charge in [0.1, 0.15) is 11.6 Å². The number of amides is 1. The second kappa shape index (κ2) is 9.99. The Morgan fingerprint density at radius 2 is 1.70 bits per heavy atom. The number of benzene rings is 2. The summed E-state index contributed by atoms with van der Waals surface area (Å²) in [6.07, 6.45) is -0.781. The van der Waals surface area contributed by atoms with Gasteiger partial charge in [-0.1, -0.05) is 0 Å². The quantitative estimate of drug-likeness (QED) is 0.405. The van der Waals surface area contributed by atoms with Crippen LogP contribution in [0.15, 0.2) is 42.5 Å². The third-order valence-electron chi connectivity index (χ3n) is 6.74.